The molecule has 0 amide bonds. The molecule has 0 aliphatic carbocycles. The van der Waals surface area contributed by atoms with Crippen molar-refractivity contribution < 1.29 is 14.3 Å². The van der Waals surface area contributed by atoms with E-state index in [0.29, 0.717) is 16.3 Å². The number of benzene rings is 1. The van der Waals surface area contributed by atoms with Crippen molar-refractivity contribution in [3.8, 4) is 5.75 Å². The number of anilines is 1. The number of esters is 1. The minimum Gasteiger partial charge on any atom is -0.497 e. The number of methoxy groups -OCH3 is 1. The van der Waals surface area contributed by atoms with Gasteiger partial charge in [-0.3, -0.25) is 0 Å². The van der Waals surface area contributed by atoms with Crippen molar-refractivity contribution in [3.05, 3.63) is 35.4 Å². The SMILES string of the molecule is C=C(CNc1cc(Cl)cc(OC)c1)C(=O)OC(C)(C)C. The van der Waals surface area contributed by atoms with Crippen molar-refractivity contribution in [3.63, 3.8) is 0 Å². The van der Waals surface area contributed by atoms with Gasteiger partial charge in [0.2, 0.25) is 0 Å². The van der Waals surface area contributed by atoms with Crippen LogP contribution in [0, 0.1) is 0 Å². The van der Waals surface area contributed by atoms with Crippen molar-refractivity contribution in [2.24, 2.45) is 0 Å². The molecule has 0 bridgehead atoms. The summed E-state index contributed by atoms with van der Waals surface area (Å²) in [7, 11) is 1.56. The highest BCUT2D eigenvalue weighted by Crippen LogP contribution is 2.24. The molecular formula is C15H20ClNO3. The molecule has 1 aromatic carbocycles. The second-order valence-electron chi connectivity index (χ2n) is 5.34. The Morgan fingerprint density at radius 2 is 2.00 bits per heavy atom. The molecule has 4 nitrogen and oxygen atoms in total. The lowest BCUT2D eigenvalue weighted by atomic mass is 10.2. The summed E-state index contributed by atoms with van der Waals surface area (Å²) in [4.78, 5) is 11.8. The molecule has 0 spiro atoms. The van der Waals surface area contributed by atoms with Gasteiger partial charge in [-0.25, -0.2) is 4.79 Å². The van der Waals surface area contributed by atoms with Crippen molar-refractivity contribution in [1.29, 1.82) is 0 Å². The number of halogens is 1. The van der Waals surface area contributed by atoms with Gasteiger partial charge in [-0.1, -0.05) is 18.2 Å². The summed E-state index contributed by atoms with van der Waals surface area (Å²) in [5, 5.41) is 3.61. The van der Waals surface area contributed by atoms with E-state index in [4.69, 9.17) is 21.1 Å². The Kier molecular flexibility index (Phi) is 5.45. The van der Waals surface area contributed by atoms with Crippen molar-refractivity contribution in [2.75, 3.05) is 19.0 Å². The zero-order chi connectivity index (χ0) is 15.3. The number of hydrogen-bond acceptors (Lipinski definition) is 4. The highest BCUT2D eigenvalue weighted by Gasteiger charge is 2.18. The van der Waals surface area contributed by atoms with Crippen LogP contribution in [-0.4, -0.2) is 25.2 Å². The Balaban J connectivity index is 2.61. The van der Waals surface area contributed by atoms with Crippen LogP contribution in [0.3, 0.4) is 0 Å². The van der Waals surface area contributed by atoms with E-state index in [1.807, 2.05) is 20.8 Å². The van der Waals surface area contributed by atoms with E-state index in [2.05, 4.69) is 11.9 Å². The summed E-state index contributed by atoms with van der Waals surface area (Å²) in [6, 6.07) is 5.23. The molecule has 1 N–H and O–H groups in total. The third kappa shape index (κ3) is 5.53. The molecule has 0 saturated heterocycles. The molecule has 0 heterocycles. The first-order chi connectivity index (χ1) is 9.21. The molecule has 5 heteroatoms. The summed E-state index contributed by atoms with van der Waals surface area (Å²) in [6.07, 6.45) is 0. The summed E-state index contributed by atoms with van der Waals surface area (Å²) in [5.41, 5.74) is 0.567. The van der Waals surface area contributed by atoms with Crippen LogP contribution in [0.25, 0.3) is 0 Å². The van der Waals surface area contributed by atoms with Gasteiger partial charge in [0.1, 0.15) is 11.4 Å². The molecule has 110 valence electrons. The van der Waals surface area contributed by atoms with E-state index in [-0.39, 0.29) is 6.54 Å². The van der Waals surface area contributed by atoms with Gasteiger partial charge >= 0.3 is 5.97 Å². The third-order valence-electron chi connectivity index (χ3n) is 2.30. The van der Waals surface area contributed by atoms with Crippen molar-refractivity contribution in [1.82, 2.24) is 0 Å². The van der Waals surface area contributed by atoms with Gasteiger partial charge in [0.05, 0.1) is 7.11 Å². The zero-order valence-electron chi connectivity index (χ0n) is 12.2. The lowest BCUT2D eigenvalue weighted by molar-refractivity contribution is -0.149. The number of nitrogens with one attached hydrogen (secondary N) is 1. The minimum atomic E-state index is -0.528. The largest absolute Gasteiger partial charge is 0.497 e. The van der Waals surface area contributed by atoms with Crippen LogP contribution in [-0.2, 0) is 9.53 Å². The second kappa shape index (κ2) is 6.66. The maximum Gasteiger partial charge on any atom is 0.335 e. The van der Waals surface area contributed by atoms with Crippen molar-refractivity contribution >= 4 is 23.3 Å². The summed E-state index contributed by atoms with van der Waals surface area (Å²) >= 11 is 5.96. The first-order valence-corrected chi connectivity index (χ1v) is 6.58. The Bertz CT molecular complexity index is 506. The number of rotatable bonds is 5. The monoisotopic (exact) mass is 297 g/mol. The average Bonchev–Trinajstić information content (AvgIpc) is 2.33. The molecule has 20 heavy (non-hydrogen) atoms. The van der Waals surface area contributed by atoms with E-state index < -0.39 is 11.6 Å². The summed E-state index contributed by atoms with van der Waals surface area (Å²) in [6.45, 7) is 9.43. The molecule has 1 rings (SSSR count). The number of hydrogen-bond donors (Lipinski definition) is 1. The fourth-order valence-corrected chi connectivity index (χ4v) is 1.64. The summed E-state index contributed by atoms with van der Waals surface area (Å²) in [5.74, 6) is 0.224. The molecule has 0 fully saturated rings. The van der Waals surface area contributed by atoms with Crippen LogP contribution >= 0.6 is 11.6 Å². The predicted molar refractivity (Wildman–Crippen MR) is 81.5 cm³/mol. The normalized spacial score (nSPS) is 10.8. The lowest BCUT2D eigenvalue weighted by Gasteiger charge is -2.20. The van der Waals surface area contributed by atoms with Crippen LogP contribution < -0.4 is 10.1 Å². The number of carbonyl (C=O) groups is 1. The summed E-state index contributed by atoms with van der Waals surface area (Å²) < 4.78 is 10.3. The molecule has 0 atom stereocenters. The zero-order valence-corrected chi connectivity index (χ0v) is 13.0. The van der Waals surface area contributed by atoms with Gasteiger partial charge < -0.3 is 14.8 Å². The quantitative estimate of drug-likeness (QED) is 0.665. The Labute approximate surface area is 124 Å². The van der Waals surface area contributed by atoms with E-state index in [9.17, 15) is 4.79 Å². The highest BCUT2D eigenvalue weighted by molar-refractivity contribution is 6.31. The Morgan fingerprint density at radius 3 is 2.55 bits per heavy atom. The van der Waals surface area contributed by atoms with Crippen LogP contribution in [0.2, 0.25) is 5.02 Å². The van der Waals surface area contributed by atoms with E-state index in [0.717, 1.165) is 5.69 Å². The fourth-order valence-electron chi connectivity index (χ4n) is 1.41. The topological polar surface area (TPSA) is 47.6 Å². The maximum atomic E-state index is 11.8. The fraction of sp³-hybridized carbons (Fsp3) is 0.400. The van der Waals surface area contributed by atoms with E-state index >= 15 is 0 Å². The minimum absolute atomic E-state index is 0.276. The maximum absolute atomic E-state index is 11.8. The van der Waals surface area contributed by atoms with Gasteiger partial charge in [0, 0.05) is 28.9 Å². The molecule has 0 unspecified atom stereocenters. The average molecular weight is 298 g/mol. The van der Waals surface area contributed by atoms with Gasteiger partial charge in [-0.05, 0) is 32.9 Å². The van der Waals surface area contributed by atoms with Crippen molar-refractivity contribution in [2.45, 2.75) is 26.4 Å². The molecule has 1 aromatic rings. The second-order valence-corrected chi connectivity index (χ2v) is 5.78. The van der Waals surface area contributed by atoms with Crippen LogP contribution in [0.15, 0.2) is 30.4 Å². The van der Waals surface area contributed by atoms with Gasteiger partial charge in [-0.2, -0.15) is 0 Å². The third-order valence-corrected chi connectivity index (χ3v) is 2.52. The lowest BCUT2D eigenvalue weighted by Crippen LogP contribution is -2.26. The molecular weight excluding hydrogens is 278 g/mol. The smallest absolute Gasteiger partial charge is 0.335 e. The van der Waals surface area contributed by atoms with Gasteiger partial charge in [0.25, 0.3) is 0 Å². The number of carbonyl (C=O) groups excluding carboxylic acids is 1. The molecule has 0 aliphatic rings. The molecule has 0 saturated carbocycles. The predicted octanol–water partition coefficient (Wildman–Crippen LogP) is 3.66. The van der Waals surface area contributed by atoms with E-state index in [1.165, 1.54) is 0 Å². The first kappa shape index (κ1) is 16.4. The van der Waals surface area contributed by atoms with Gasteiger partial charge in [-0.15, -0.1) is 0 Å². The van der Waals surface area contributed by atoms with Crippen LogP contribution in [0.4, 0.5) is 5.69 Å². The Hall–Kier alpha value is -1.68. The molecule has 0 aliphatic heterocycles. The van der Waals surface area contributed by atoms with Crippen LogP contribution in [0.5, 0.6) is 5.75 Å². The van der Waals surface area contributed by atoms with E-state index in [1.54, 1.807) is 25.3 Å². The first-order valence-electron chi connectivity index (χ1n) is 6.21. The Morgan fingerprint density at radius 1 is 1.35 bits per heavy atom. The number of ether oxygens (including phenoxy) is 2. The highest BCUT2D eigenvalue weighted by atomic mass is 35.5. The molecule has 0 radical (unpaired) electrons. The van der Waals surface area contributed by atoms with Gasteiger partial charge in [0.15, 0.2) is 0 Å². The van der Waals surface area contributed by atoms with Crippen LogP contribution in [0.1, 0.15) is 20.8 Å². The molecule has 0 aromatic heterocycles. The standard InChI is InChI=1S/C15H20ClNO3/c1-10(14(18)20-15(2,3)4)9-17-12-6-11(16)7-13(8-12)19-5/h6-8,17H,1,9H2,2-5H3.